The molecule has 0 amide bonds. The molecule has 8 nitrogen and oxygen atoms in total. The van der Waals surface area contributed by atoms with Crippen molar-refractivity contribution in [2.45, 2.75) is 12.5 Å². The molecule has 3 heterocycles. The molecule has 0 N–H and O–H groups in total. The first kappa shape index (κ1) is 18.4. The number of methoxy groups -OCH3 is 1. The lowest BCUT2D eigenvalue weighted by molar-refractivity contribution is 0.0128. The van der Waals surface area contributed by atoms with Crippen LogP contribution in [0, 0.1) is 5.92 Å². The minimum Gasteiger partial charge on any atom is -0.497 e. The van der Waals surface area contributed by atoms with Gasteiger partial charge in [-0.05, 0) is 24.6 Å². The van der Waals surface area contributed by atoms with Crippen LogP contribution in [0.2, 0.25) is 0 Å². The summed E-state index contributed by atoms with van der Waals surface area (Å²) in [5.74, 6) is 1.70. The van der Waals surface area contributed by atoms with Gasteiger partial charge in [-0.1, -0.05) is 6.08 Å². The molecule has 1 fully saturated rings. The van der Waals surface area contributed by atoms with E-state index in [1.807, 2.05) is 6.08 Å². The van der Waals surface area contributed by atoms with Crippen molar-refractivity contribution < 1.29 is 9.47 Å². The number of nitrogens with zero attached hydrogens (tertiary/aromatic N) is 5. The predicted molar refractivity (Wildman–Crippen MR) is 105 cm³/mol. The van der Waals surface area contributed by atoms with Crippen molar-refractivity contribution in [2.24, 2.45) is 13.0 Å². The van der Waals surface area contributed by atoms with Crippen LogP contribution in [0.15, 0.2) is 53.4 Å². The van der Waals surface area contributed by atoms with Gasteiger partial charge in [-0.3, -0.25) is 9.36 Å². The quantitative estimate of drug-likeness (QED) is 0.795. The molecule has 2 aliphatic rings. The normalized spacial score (nSPS) is 22.1. The van der Waals surface area contributed by atoms with Crippen LogP contribution in [-0.4, -0.2) is 52.4 Å². The van der Waals surface area contributed by atoms with Crippen LogP contribution >= 0.6 is 0 Å². The molecule has 0 spiro atoms. The first-order valence-corrected chi connectivity index (χ1v) is 9.29. The predicted octanol–water partition coefficient (Wildman–Crippen LogP) is 1.55. The Morgan fingerprint density at radius 2 is 2.21 bits per heavy atom. The fraction of sp³-hybridized carbons (Fsp3) is 0.400. The summed E-state index contributed by atoms with van der Waals surface area (Å²) in [6.07, 6.45) is 10.2. The molecule has 1 saturated heterocycles. The maximum Gasteiger partial charge on any atom is 0.255 e. The van der Waals surface area contributed by atoms with Crippen molar-refractivity contribution in [3.63, 3.8) is 0 Å². The van der Waals surface area contributed by atoms with Gasteiger partial charge < -0.3 is 14.4 Å². The number of hydrogen-bond donors (Lipinski definition) is 0. The third-order valence-electron chi connectivity index (χ3n) is 5.11. The first-order valence-electron chi connectivity index (χ1n) is 9.29. The van der Waals surface area contributed by atoms with Gasteiger partial charge in [-0.15, -0.1) is 0 Å². The minimum atomic E-state index is -0.121. The minimum absolute atomic E-state index is 0.00320. The molecule has 1 unspecified atom stereocenters. The van der Waals surface area contributed by atoms with E-state index < -0.39 is 0 Å². The maximum absolute atomic E-state index is 12.5. The fourth-order valence-electron chi connectivity index (χ4n) is 3.57. The molecule has 146 valence electrons. The molecule has 28 heavy (non-hydrogen) atoms. The lowest BCUT2D eigenvalue weighted by atomic mass is 9.93. The standard InChI is InChI=1S/C20H23N5O3/c1-24-19(26)11-17(16-6-7-21-13-22-16)23-20(24)25-8-9-28-18(12-25)14-4-3-5-15(10-14)27-2/h3,5-7,10-11,13-14,18H,4,8-9,12H2,1-2H3/t14?,18-/m0/s1. The van der Waals surface area contributed by atoms with Crippen molar-refractivity contribution >= 4 is 5.95 Å². The van der Waals surface area contributed by atoms with E-state index in [0.717, 1.165) is 12.2 Å². The smallest absolute Gasteiger partial charge is 0.255 e. The van der Waals surface area contributed by atoms with E-state index in [1.165, 1.54) is 12.4 Å². The molecule has 2 aromatic heterocycles. The molecule has 2 aromatic rings. The molecule has 0 bridgehead atoms. The number of aromatic nitrogens is 4. The van der Waals surface area contributed by atoms with E-state index in [1.54, 1.807) is 31.0 Å². The van der Waals surface area contributed by atoms with E-state index in [-0.39, 0.29) is 17.6 Å². The second kappa shape index (κ2) is 7.93. The highest BCUT2D eigenvalue weighted by atomic mass is 16.5. The monoisotopic (exact) mass is 381 g/mol. The average Bonchev–Trinajstić information content (AvgIpc) is 2.76. The van der Waals surface area contributed by atoms with Crippen molar-refractivity contribution in [3.8, 4) is 11.4 Å². The highest BCUT2D eigenvalue weighted by Gasteiger charge is 2.29. The van der Waals surface area contributed by atoms with Gasteiger partial charge in [0.2, 0.25) is 5.95 Å². The Morgan fingerprint density at radius 1 is 1.32 bits per heavy atom. The van der Waals surface area contributed by atoms with Crippen molar-refractivity contribution in [1.29, 1.82) is 0 Å². The number of morpholine rings is 1. The van der Waals surface area contributed by atoms with Crippen molar-refractivity contribution in [2.75, 3.05) is 31.7 Å². The number of ether oxygens (including phenoxy) is 2. The summed E-state index contributed by atoms with van der Waals surface area (Å²) in [5.41, 5.74) is 1.05. The number of rotatable bonds is 4. The highest BCUT2D eigenvalue weighted by Crippen LogP contribution is 2.26. The third kappa shape index (κ3) is 3.68. The Hall–Kier alpha value is -3.00. The third-order valence-corrected chi connectivity index (χ3v) is 5.11. The Balaban J connectivity index is 1.62. The van der Waals surface area contributed by atoms with Gasteiger partial charge in [0.1, 0.15) is 12.1 Å². The number of anilines is 1. The van der Waals surface area contributed by atoms with Gasteiger partial charge in [0.05, 0.1) is 31.2 Å². The van der Waals surface area contributed by atoms with Crippen molar-refractivity contribution in [3.05, 3.63) is 59.0 Å². The van der Waals surface area contributed by atoms with Crippen LogP contribution in [0.25, 0.3) is 11.4 Å². The summed E-state index contributed by atoms with van der Waals surface area (Å²) < 4.78 is 13.0. The molecule has 0 saturated carbocycles. The largest absolute Gasteiger partial charge is 0.497 e. The second-order valence-corrected chi connectivity index (χ2v) is 6.86. The fourth-order valence-corrected chi connectivity index (χ4v) is 3.57. The van der Waals surface area contributed by atoms with Gasteiger partial charge in [0, 0.05) is 38.3 Å². The molecule has 8 heteroatoms. The Morgan fingerprint density at radius 3 is 3.00 bits per heavy atom. The zero-order valence-electron chi connectivity index (χ0n) is 16.0. The molecular weight excluding hydrogens is 358 g/mol. The summed E-state index contributed by atoms with van der Waals surface area (Å²) in [7, 11) is 3.41. The number of allylic oxidation sites excluding steroid dienone is 2. The zero-order valence-corrected chi connectivity index (χ0v) is 16.0. The van der Waals surface area contributed by atoms with Crippen LogP contribution < -0.4 is 10.5 Å². The average molecular weight is 381 g/mol. The summed E-state index contributed by atoms with van der Waals surface area (Å²) in [6, 6.07) is 3.25. The van der Waals surface area contributed by atoms with E-state index in [2.05, 4.69) is 27.0 Å². The summed E-state index contributed by atoms with van der Waals surface area (Å²) in [6.45, 7) is 1.90. The zero-order chi connectivity index (χ0) is 19.5. The van der Waals surface area contributed by atoms with Crippen LogP contribution in [0.5, 0.6) is 0 Å². The Kier molecular flexibility index (Phi) is 5.21. The van der Waals surface area contributed by atoms with Gasteiger partial charge >= 0.3 is 0 Å². The second-order valence-electron chi connectivity index (χ2n) is 6.86. The van der Waals surface area contributed by atoms with E-state index in [4.69, 9.17) is 14.5 Å². The molecule has 1 aliphatic carbocycles. The Labute approximate surface area is 163 Å². The molecule has 0 radical (unpaired) electrons. The van der Waals surface area contributed by atoms with Gasteiger partial charge in [-0.25, -0.2) is 15.0 Å². The van der Waals surface area contributed by atoms with E-state index >= 15 is 0 Å². The molecule has 4 rings (SSSR count). The van der Waals surface area contributed by atoms with Gasteiger partial charge in [-0.2, -0.15) is 0 Å². The van der Waals surface area contributed by atoms with Crippen LogP contribution in [-0.2, 0) is 16.5 Å². The molecular formula is C20H23N5O3. The number of hydrogen-bond acceptors (Lipinski definition) is 7. The summed E-state index contributed by atoms with van der Waals surface area (Å²) >= 11 is 0. The van der Waals surface area contributed by atoms with Gasteiger partial charge in [0.15, 0.2) is 0 Å². The van der Waals surface area contributed by atoms with Crippen LogP contribution in [0.4, 0.5) is 5.95 Å². The lowest BCUT2D eigenvalue weighted by Gasteiger charge is -2.37. The van der Waals surface area contributed by atoms with E-state index in [0.29, 0.717) is 37.0 Å². The maximum atomic E-state index is 12.5. The topological polar surface area (TPSA) is 82.4 Å². The molecule has 1 aliphatic heterocycles. The highest BCUT2D eigenvalue weighted by molar-refractivity contribution is 5.55. The van der Waals surface area contributed by atoms with Crippen LogP contribution in [0.1, 0.15) is 6.42 Å². The summed E-state index contributed by atoms with van der Waals surface area (Å²) in [5, 5.41) is 0. The summed E-state index contributed by atoms with van der Waals surface area (Å²) in [4.78, 5) is 27.5. The van der Waals surface area contributed by atoms with Gasteiger partial charge in [0.25, 0.3) is 5.56 Å². The lowest BCUT2D eigenvalue weighted by Crippen LogP contribution is -2.47. The molecule has 2 atom stereocenters. The van der Waals surface area contributed by atoms with Crippen LogP contribution in [0.3, 0.4) is 0 Å². The SMILES string of the molecule is COC1=CC([C@@H]2CN(c3nc(-c4ccncn4)cc(=O)n3C)CCO2)CC=C1. The Bertz CT molecular complexity index is 954. The first-order chi connectivity index (χ1) is 13.7. The van der Waals surface area contributed by atoms with Crippen molar-refractivity contribution in [1.82, 2.24) is 19.5 Å². The molecule has 0 aromatic carbocycles. The van der Waals surface area contributed by atoms with E-state index in [9.17, 15) is 4.79 Å².